The second-order valence-corrected chi connectivity index (χ2v) is 8.19. The largest absolute Gasteiger partial charge is 0.342 e. The highest BCUT2D eigenvalue weighted by atomic mass is 35.5. The molecule has 0 saturated heterocycles. The summed E-state index contributed by atoms with van der Waals surface area (Å²) in [5, 5.41) is 5.56. The fourth-order valence-electron chi connectivity index (χ4n) is 2.77. The predicted molar refractivity (Wildman–Crippen MR) is 111 cm³/mol. The lowest BCUT2D eigenvalue weighted by atomic mass is 10.1. The fraction of sp³-hybridized carbons (Fsp3) is 0.300. The van der Waals surface area contributed by atoms with Crippen molar-refractivity contribution in [1.82, 2.24) is 5.32 Å². The van der Waals surface area contributed by atoms with Crippen LogP contribution in [-0.2, 0) is 16.1 Å². The third kappa shape index (κ3) is 6.82. The van der Waals surface area contributed by atoms with E-state index in [1.54, 1.807) is 6.08 Å². The van der Waals surface area contributed by atoms with Gasteiger partial charge in [0.05, 0.1) is 22.3 Å². The number of halogens is 1. The van der Waals surface area contributed by atoms with Gasteiger partial charge in [0.25, 0.3) is 5.91 Å². The number of thiophene rings is 1. The smallest absolute Gasteiger partial charge is 0.275 e. The summed E-state index contributed by atoms with van der Waals surface area (Å²) in [5.41, 5.74) is 2.78. The van der Waals surface area contributed by atoms with Crippen LogP contribution in [0.5, 0.6) is 0 Å². The van der Waals surface area contributed by atoms with E-state index < -0.39 is 0 Å². The molecule has 0 fully saturated rings. The van der Waals surface area contributed by atoms with Gasteiger partial charge in [-0.1, -0.05) is 36.4 Å². The summed E-state index contributed by atoms with van der Waals surface area (Å²) in [6, 6.07) is 9.64. The van der Waals surface area contributed by atoms with Crippen molar-refractivity contribution in [3.8, 4) is 0 Å². The Kier molecular flexibility index (Phi) is 8.03. The van der Waals surface area contributed by atoms with Crippen LogP contribution < -0.4 is 15.5 Å². The van der Waals surface area contributed by atoms with E-state index in [9.17, 15) is 9.59 Å². The number of hydrogen-bond acceptors (Lipinski definition) is 3. The Balaban J connectivity index is 1.84. The van der Waals surface area contributed by atoms with Crippen molar-refractivity contribution in [2.24, 2.45) is 0 Å². The standard InChI is InChI=1S/C20H24ClN3O2S/c1-4-10-24(12-16-8-9-17(21)27-16)13-19(26)22-11-18(25)23-20-14(2)6-5-7-15(20)3/h4-9H,1,10-13H2,2-3H3,(H,22,26)(H,23,25)/p+1. The summed E-state index contributed by atoms with van der Waals surface area (Å²) < 4.78 is 0.732. The van der Waals surface area contributed by atoms with E-state index in [1.165, 1.54) is 11.3 Å². The molecule has 0 bridgehead atoms. The Morgan fingerprint density at radius 1 is 1.19 bits per heavy atom. The van der Waals surface area contributed by atoms with E-state index in [-0.39, 0.29) is 24.9 Å². The van der Waals surface area contributed by atoms with Crippen molar-refractivity contribution >= 4 is 40.4 Å². The summed E-state index contributed by atoms with van der Waals surface area (Å²) in [6.45, 7) is 9.17. The molecule has 1 aromatic carbocycles. The van der Waals surface area contributed by atoms with Gasteiger partial charge in [-0.05, 0) is 43.2 Å². The molecule has 3 N–H and O–H groups in total. The zero-order chi connectivity index (χ0) is 19.8. The molecule has 0 aliphatic rings. The van der Waals surface area contributed by atoms with Crippen molar-refractivity contribution in [1.29, 1.82) is 0 Å². The van der Waals surface area contributed by atoms with Gasteiger partial charge in [0.1, 0.15) is 6.54 Å². The highest BCUT2D eigenvalue weighted by Crippen LogP contribution is 2.20. The first-order valence-electron chi connectivity index (χ1n) is 8.70. The van der Waals surface area contributed by atoms with Crippen molar-refractivity contribution in [3.05, 3.63) is 63.3 Å². The molecule has 1 heterocycles. The Morgan fingerprint density at radius 3 is 2.48 bits per heavy atom. The van der Waals surface area contributed by atoms with Crippen LogP contribution in [0.4, 0.5) is 5.69 Å². The molecular formula is C20H25ClN3O2S+. The van der Waals surface area contributed by atoms with Gasteiger partial charge in [-0.25, -0.2) is 0 Å². The minimum absolute atomic E-state index is 0.0567. The molecule has 27 heavy (non-hydrogen) atoms. The van der Waals surface area contributed by atoms with Gasteiger partial charge in [0, 0.05) is 5.69 Å². The molecule has 1 aromatic heterocycles. The Labute approximate surface area is 169 Å². The highest BCUT2D eigenvalue weighted by Gasteiger charge is 2.16. The van der Waals surface area contributed by atoms with Gasteiger partial charge in [0.2, 0.25) is 5.91 Å². The molecular weight excluding hydrogens is 382 g/mol. The summed E-state index contributed by atoms with van der Waals surface area (Å²) in [6.07, 6.45) is 1.78. The molecule has 0 aliphatic heterocycles. The van der Waals surface area contributed by atoms with Crippen LogP contribution in [-0.4, -0.2) is 31.4 Å². The maximum atomic E-state index is 12.2. The Bertz CT molecular complexity index is 799. The number of carbonyl (C=O) groups excluding carboxylic acids is 2. The molecule has 0 saturated carbocycles. The van der Waals surface area contributed by atoms with Gasteiger partial charge in [0.15, 0.2) is 6.54 Å². The lowest BCUT2D eigenvalue weighted by Crippen LogP contribution is -3.11. The number of anilines is 1. The fourth-order valence-corrected chi connectivity index (χ4v) is 3.93. The maximum absolute atomic E-state index is 12.2. The van der Waals surface area contributed by atoms with Crippen LogP contribution in [0.2, 0.25) is 4.34 Å². The summed E-state index contributed by atoms with van der Waals surface area (Å²) >= 11 is 7.47. The zero-order valence-electron chi connectivity index (χ0n) is 15.6. The van der Waals surface area contributed by atoms with Gasteiger partial charge in [-0.2, -0.15) is 0 Å². The normalized spacial score (nSPS) is 11.7. The van der Waals surface area contributed by atoms with Gasteiger partial charge < -0.3 is 15.5 Å². The molecule has 1 atom stereocenters. The topological polar surface area (TPSA) is 62.6 Å². The van der Waals surface area contributed by atoms with E-state index in [1.807, 2.05) is 44.2 Å². The molecule has 7 heteroatoms. The lowest BCUT2D eigenvalue weighted by molar-refractivity contribution is -0.899. The molecule has 0 aliphatic carbocycles. The van der Waals surface area contributed by atoms with E-state index >= 15 is 0 Å². The quantitative estimate of drug-likeness (QED) is 0.560. The number of hydrogen-bond donors (Lipinski definition) is 3. The van der Waals surface area contributed by atoms with E-state index in [4.69, 9.17) is 11.6 Å². The molecule has 144 valence electrons. The average molecular weight is 407 g/mol. The van der Waals surface area contributed by atoms with E-state index in [2.05, 4.69) is 17.2 Å². The van der Waals surface area contributed by atoms with Crippen molar-refractivity contribution in [2.75, 3.05) is 25.0 Å². The number of rotatable bonds is 9. The van der Waals surface area contributed by atoms with Crippen LogP contribution >= 0.6 is 22.9 Å². The van der Waals surface area contributed by atoms with E-state index in [0.29, 0.717) is 13.1 Å². The molecule has 2 amide bonds. The summed E-state index contributed by atoms with van der Waals surface area (Å²) in [4.78, 5) is 26.6. The van der Waals surface area contributed by atoms with Crippen LogP contribution in [0.3, 0.4) is 0 Å². The first-order chi connectivity index (χ1) is 12.9. The van der Waals surface area contributed by atoms with Crippen molar-refractivity contribution in [3.63, 3.8) is 0 Å². The van der Waals surface area contributed by atoms with Crippen molar-refractivity contribution < 1.29 is 14.5 Å². The second-order valence-electron chi connectivity index (χ2n) is 6.39. The maximum Gasteiger partial charge on any atom is 0.275 e. The molecule has 2 aromatic rings. The first-order valence-corrected chi connectivity index (χ1v) is 9.90. The second kappa shape index (κ2) is 10.3. The Morgan fingerprint density at radius 2 is 1.89 bits per heavy atom. The van der Waals surface area contributed by atoms with Crippen LogP contribution in [0.25, 0.3) is 0 Å². The molecule has 2 rings (SSSR count). The van der Waals surface area contributed by atoms with Gasteiger partial charge in [-0.3, -0.25) is 9.59 Å². The van der Waals surface area contributed by atoms with Crippen LogP contribution in [0, 0.1) is 13.8 Å². The molecule has 0 radical (unpaired) electrons. The van der Waals surface area contributed by atoms with Crippen LogP contribution in [0.15, 0.2) is 43.0 Å². The SMILES string of the molecule is C=CC[NH+](CC(=O)NCC(=O)Nc1c(C)cccc1C)Cc1ccc(Cl)s1. The first kappa shape index (κ1) is 21.2. The number of carbonyl (C=O) groups is 2. The molecule has 5 nitrogen and oxygen atoms in total. The van der Waals surface area contributed by atoms with E-state index in [0.717, 1.165) is 30.9 Å². The third-order valence-corrected chi connectivity index (χ3v) is 5.32. The van der Waals surface area contributed by atoms with Gasteiger partial charge >= 0.3 is 0 Å². The van der Waals surface area contributed by atoms with Gasteiger partial charge in [-0.15, -0.1) is 11.3 Å². The highest BCUT2D eigenvalue weighted by molar-refractivity contribution is 7.16. The number of benzene rings is 1. The molecule has 0 spiro atoms. The van der Waals surface area contributed by atoms with Crippen molar-refractivity contribution in [2.45, 2.75) is 20.4 Å². The summed E-state index contributed by atoms with van der Waals surface area (Å²) in [7, 11) is 0. The monoisotopic (exact) mass is 406 g/mol. The Hall–Kier alpha value is -2.15. The number of nitrogens with one attached hydrogen (secondary N) is 3. The number of para-hydroxylation sites is 1. The van der Waals surface area contributed by atoms with Crippen LogP contribution in [0.1, 0.15) is 16.0 Å². The predicted octanol–water partition coefficient (Wildman–Crippen LogP) is 2.34. The molecule has 1 unspecified atom stereocenters. The average Bonchev–Trinajstić information content (AvgIpc) is 3.01. The number of aryl methyl sites for hydroxylation is 2. The number of amides is 2. The lowest BCUT2D eigenvalue weighted by Gasteiger charge is -2.17. The third-order valence-electron chi connectivity index (χ3n) is 4.09. The number of quaternary nitrogens is 1. The minimum atomic E-state index is -0.240. The minimum Gasteiger partial charge on any atom is -0.342 e. The zero-order valence-corrected chi connectivity index (χ0v) is 17.2. The summed E-state index contributed by atoms with van der Waals surface area (Å²) in [5.74, 6) is -0.415.